The van der Waals surface area contributed by atoms with Gasteiger partial charge in [0.25, 0.3) is 5.22 Å². The summed E-state index contributed by atoms with van der Waals surface area (Å²) >= 11 is 1.09. The van der Waals surface area contributed by atoms with Crippen LogP contribution in [0.15, 0.2) is 33.9 Å². The molecule has 2 rings (SSSR count). The van der Waals surface area contributed by atoms with Crippen molar-refractivity contribution in [1.82, 2.24) is 20.8 Å². The highest BCUT2D eigenvalue weighted by Crippen LogP contribution is 2.25. The first kappa shape index (κ1) is 19.0. The van der Waals surface area contributed by atoms with E-state index < -0.39 is 11.9 Å². The predicted octanol–water partition coefficient (Wildman–Crippen LogP) is 3.01. The summed E-state index contributed by atoms with van der Waals surface area (Å²) in [4.78, 5) is 23.3. The van der Waals surface area contributed by atoms with Gasteiger partial charge in [0.15, 0.2) is 0 Å². The lowest BCUT2D eigenvalue weighted by Crippen LogP contribution is -2.40. The molecule has 0 aliphatic heterocycles. The minimum absolute atomic E-state index is 0.0208. The van der Waals surface area contributed by atoms with E-state index in [1.54, 1.807) is 0 Å². The summed E-state index contributed by atoms with van der Waals surface area (Å²) in [5, 5.41) is 13.1. The Morgan fingerprint density at radius 1 is 1.24 bits per heavy atom. The molecule has 0 saturated heterocycles. The molecule has 7 nitrogen and oxygen atoms in total. The van der Waals surface area contributed by atoms with E-state index in [0.717, 1.165) is 29.3 Å². The van der Waals surface area contributed by atoms with Gasteiger partial charge in [-0.15, -0.1) is 10.2 Å². The first-order valence-electron chi connectivity index (χ1n) is 8.05. The van der Waals surface area contributed by atoms with E-state index in [2.05, 4.69) is 34.7 Å². The minimum Gasteiger partial charge on any atom is -0.411 e. The molecule has 0 aliphatic rings. The molecule has 1 aromatic heterocycles. The molecule has 0 spiro atoms. The maximum Gasteiger partial charge on any atom is 0.321 e. The summed E-state index contributed by atoms with van der Waals surface area (Å²) in [6, 6.07) is 7.19. The first-order chi connectivity index (χ1) is 12.0. The van der Waals surface area contributed by atoms with Crippen molar-refractivity contribution in [2.24, 2.45) is 5.92 Å². The smallest absolute Gasteiger partial charge is 0.321 e. The number of thioether (sulfide) groups is 1. The molecule has 134 valence electrons. The fourth-order valence-corrected chi connectivity index (χ4v) is 2.56. The van der Waals surface area contributed by atoms with Gasteiger partial charge in [0.2, 0.25) is 11.8 Å². The van der Waals surface area contributed by atoms with Crippen LogP contribution in [0, 0.1) is 12.8 Å². The predicted molar refractivity (Wildman–Crippen MR) is 96.2 cm³/mol. The SMILES string of the molecule is Cc1ccccc1-c1nnc(SCC(=O)NC(=O)NCCC(C)C)o1. The average Bonchev–Trinajstić information content (AvgIpc) is 3.01. The van der Waals surface area contributed by atoms with Gasteiger partial charge in [0.05, 0.1) is 5.75 Å². The highest BCUT2D eigenvalue weighted by Gasteiger charge is 2.13. The molecular weight excluding hydrogens is 340 g/mol. The number of imide groups is 1. The van der Waals surface area contributed by atoms with Gasteiger partial charge in [-0.2, -0.15) is 0 Å². The van der Waals surface area contributed by atoms with Crippen LogP contribution in [-0.4, -0.2) is 34.4 Å². The third-order valence-electron chi connectivity index (χ3n) is 3.37. The van der Waals surface area contributed by atoms with Crippen LogP contribution in [0.5, 0.6) is 0 Å². The van der Waals surface area contributed by atoms with Gasteiger partial charge in [-0.25, -0.2) is 4.79 Å². The monoisotopic (exact) mass is 362 g/mol. The van der Waals surface area contributed by atoms with E-state index in [9.17, 15) is 9.59 Å². The van der Waals surface area contributed by atoms with Gasteiger partial charge in [0, 0.05) is 12.1 Å². The van der Waals surface area contributed by atoms with Gasteiger partial charge in [-0.3, -0.25) is 10.1 Å². The van der Waals surface area contributed by atoms with E-state index in [-0.39, 0.29) is 11.0 Å². The second-order valence-corrected chi connectivity index (χ2v) is 6.89. The Morgan fingerprint density at radius 2 is 2.00 bits per heavy atom. The molecule has 0 bridgehead atoms. The van der Waals surface area contributed by atoms with Gasteiger partial charge in [-0.05, 0) is 30.9 Å². The van der Waals surface area contributed by atoms with Crippen molar-refractivity contribution >= 4 is 23.7 Å². The number of carbonyl (C=O) groups is 2. The Morgan fingerprint density at radius 3 is 2.72 bits per heavy atom. The fraction of sp³-hybridized carbons (Fsp3) is 0.412. The summed E-state index contributed by atoms with van der Waals surface area (Å²) in [6.45, 7) is 6.62. The van der Waals surface area contributed by atoms with Gasteiger partial charge in [-0.1, -0.05) is 43.8 Å². The van der Waals surface area contributed by atoms with Crippen LogP contribution >= 0.6 is 11.8 Å². The van der Waals surface area contributed by atoms with Crippen molar-refractivity contribution in [3.05, 3.63) is 29.8 Å². The maximum atomic E-state index is 11.8. The molecule has 2 aromatic rings. The van der Waals surface area contributed by atoms with Crippen LogP contribution in [0.25, 0.3) is 11.5 Å². The number of amides is 3. The maximum absolute atomic E-state index is 11.8. The van der Waals surface area contributed by atoms with E-state index in [0.29, 0.717) is 18.4 Å². The molecule has 3 amide bonds. The zero-order chi connectivity index (χ0) is 18.2. The zero-order valence-electron chi connectivity index (χ0n) is 14.5. The Hall–Kier alpha value is -2.35. The van der Waals surface area contributed by atoms with Crippen molar-refractivity contribution in [2.75, 3.05) is 12.3 Å². The Kier molecular flexibility index (Phi) is 7.00. The third kappa shape index (κ3) is 6.22. The number of aromatic nitrogens is 2. The molecule has 0 radical (unpaired) electrons. The van der Waals surface area contributed by atoms with Crippen molar-refractivity contribution in [2.45, 2.75) is 32.4 Å². The number of benzene rings is 1. The average molecular weight is 362 g/mol. The second-order valence-electron chi connectivity index (χ2n) is 5.96. The van der Waals surface area contributed by atoms with Crippen LogP contribution in [0.2, 0.25) is 0 Å². The summed E-state index contributed by atoms with van der Waals surface area (Å²) in [7, 11) is 0. The number of hydrogen-bond acceptors (Lipinski definition) is 6. The second kappa shape index (κ2) is 9.22. The number of nitrogens with zero attached hydrogens (tertiary/aromatic N) is 2. The Balaban J connectivity index is 1.79. The standard InChI is InChI=1S/C17H22N4O3S/c1-11(2)8-9-18-16(23)19-14(22)10-25-17-21-20-15(24-17)13-7-5-4-6-12(13)3/h4-7,11H,8-10H2,1-3H3,(H2,18,19,22,23). The van der Waals surface area contributed by atoms with E-state index >= 15 is 0 Å². The Labute approximate surface area is 151 Å². The lowest BCUT2D eigenvalue weighted by molar-refractivity contribution is -0.117. The van der Waals surface area contributed by atoms with Crippen molar-refractivity contribution < 1.29 is 14.0 Å². The van der Waals surface area contributed by atoms with E-state index in [4.69, 9.17) is 4.42 Å². The van der Waals surface area contributed by atoms with E-state index in [1.807, 2.05) is 31.2 Å². The number of carbonyl (C=O) groups excluding carboxylic acids is 2. The molecule has 8 heteroatoms. The van der Waals surface area contributed by atoms with Crippen LogP contribution < -0.4 is 10.6 Å². The minimum atomic E-state index is -0.489. The van der Waals surface area contributed by atoms with Gasteiger partial charge in [0.1, 0.15) is 0 Å². The molecule has 1 heterocycles. The highest BCUT2D eigenvalue weighted by atomic mass is 32.2. The topological polar surface area (TPSA) is 97.1 Å². The molecular formula is C17H22N4O3S. The lowest BCUT2D eigenvalue weighted by atomic mass is 10.1. The molecule has 0 aliphatic carbocycles. The molecule has 0 unspecified atom stereocenters. The number of aryl methyl sites for hydroxylation is 1. The van der Waals surface area contributed by atoms with E-state index in [1.165, 1.54) is 0 Å². The highest BCUT2D eigenvalue weighted by molar-refractivity contribution is 7.99. The van der Waals surface area contributed by atoms with Crippen molar-refractivity contribution in [1.29, 1.82) is 0 Å². The number of rotatable bonds is 7. The lowest BCUT2D eigenvalue weighted by Gasteiger charge is -2.07. The first-order valence-corrected chi connectivity index (χ1v) is 9.04. The van der Waals surface area contributed by atoms with Crippen molar-refractivity contribution in [3.63, 3.8) is 0 Å². The summed E-state index contributed by atoms with van der Waals surface area (Å²) in [5.74, 6) is 0.508. The number of urea groups is 1. The molecule has 25 heavy (non-hydrogen) atoms. The zero-order valence-corrected chi connectivity index (χ0v) is 15.4. The van der Waals surface area contributed by atoms with Gasteiger partial charge < -0.3 is 9.73 Å². The number of hydrogen-bond donors (Lipinski definition) is 2. The van der Waals surface area contributed by atoms with Crippen LogP contribution in [0.3, 0.4) is 0 Å². The van der Waals surface area contributed by atoms with Crippen LogP contribution in [0.4, 0.5) is 4.79 Å². The molecule has 1 aromatic carbocycles. The molecule has 2 N–H and O–H groups in total. The molecule has 0 saturated carbocycles. The normalized spacial score (nSPS) is 10.7. The fourth-order valence-electron chi connectivity index (χ4n) is 2.00. The Bertz CT molecular complexity index is 730. The summed E-state index contributed by atoms with van der Waals surface area (Å²) in [6.07, 6.45) is 0.861. The molecule has 0 atom stereocenters. The molecule has 0 fully saturated rings. The van der Waals surface area contributed by atoms with Gasteiger partial charge >= 0.3 is 6.03 Å². The largest absolute Gasteiger partial charge is 0.411 e. The van der Waals surface area contributed by atoms with Crippen molar-refractivity contribution in [3.8, 4) is 11.5 Å². The quantitative estimate of drug-likeness (QED) is 0.735. The van der Waals surface area contributed by atoms with Crippen LogP contribution in [0.1, 0.15) is 25.8 Å². The third-order valence-corrected chi connectivity index (χ3v) is 4.19. The summed E-state index contributed by atoms with van der Waals surface area (Å²) < 4.78 is 5.56. The van der Waals surface area contributed by atoms with Crippen LogP contribution in [-0.2, 0) is 4.79 Å². The summed E-state index contributed by atoms with van der Waals surface area (Å²) in [5.41, 5.74) is 1.88. The number of nitrogens with one attached hydrogen (secondary N) is 2.